The molecule has 1 aliphatic rings. The van der Waals surface area contributed by atoms with Crippen LogP contribution in [0.15, 0.2) is 18.2 Å². The van der Waals surface area contributed by atoms with Gasteiger partial charge in [0, 0.05) is 38.8 Å². The second kappa shape index (κ2) is 6.51. The highest BCUT2D eigenvalue weighted by Crippen LogP contribution is 2.20. The van der Waals surface area contributed by atoms with Gasteiger partial charge in [-0.25, -0.2) is 0 Å². The molecule has 0 saturated carbocycles. The molecule has 1 aliphatic heterocycles. The van der Waals surface area contributed by atoms with Gasteiger partial charge in [-0.3, -0.25) is 0 Å². The number of hydrogen-bond acceptors (Lipinski definition) is 3. The van der Waals surface area contributed by atoms with Gasteiger partial charge in [0.2, 0.25) is 0 Å². The van der Waals surface area contributed by atoms with Crippen LogP contribution in [0.4, 0.5) is 0 Å². The summed E-state index contributed by atoms with van der Waals surface area (Å²) in [5, 5.41) is 0. The number of piperazine rings is 1. The Balaban J connectivity index is 1.87. The molecule has 0 bridgehead atoms. The van der Waals surface area contributed by atoms with E-state index in [4.69, 9.17) is 5.73 Å². The van der Waals surface area contributed by atoms with Crippen molar-refractivity contribution in [2.45, 2.75) is 26.3 Å². The van der Waals surface area contributed by atoms with Crippen molar-refractivity contribution in [3.05, 3.63) is 34.9 Å². The van der Waals surface area contributed by atoms with E-state index in [0.717, 1.165) is 13.0 Å². The maximum Gasteiger partial charge on any atom is 0.0309 e. The molecule has 1 heterocycles. The van der Waals surface area contributed by atoms with E-state index in [0.29, 0.717) is 0 Å². The third kappa shape index (κ3) is 4.03. The molecule has 1 saturated heterocycles. The monoisotopic (exact) mass is 261 g/mol. The van der Waals surface area contributed by atoms with Crippen LogP contribution in [0.25, 0.3) is 0 Å². The molecule has 1 aromatic carbocycles. The van der Waals surface area contributed by atoms with E-state index in [2.05, 4.69) is 48.9 Å². The van der Waals surface area contributed by atoms with E-state index >= 15 is 0 Å². The summed E-state index contributed by atoms with van der Waals surface area (Å²) in [6, 6.07) is 6.75. The fourth-order valence-electron chi connectivity index (χ4n) is 2.71. The van der Waals surface area contributed by atoms with Gasteiger partial charge in [0.1, 0.15) is 0 Å². The van der Waals surface area contributed by atoms with Gasteiger partial charge < -0.3 is 15.5 Å². The zero-order chi connectivity index (χ0) is 13.8. The van der Waals surface area contributed by atoms with Crippen LogP contribution in [-0.4, -0.2) is 49.6 Å². The smallest absolute Gasteiger partial charge is 0.0309 e. The molecule has 3 heteroatoms. The fraction of sp³-hybridized carbons (Fsp3) is 0.625. The first kappa shape index (κ1) is 14.5. The van der Waals surface area contributed by atoms with Crippen LogP contribution in [0.1, 0.15) is 29.2 Å². The molecule has 1 fully saturated rings. The number of aryl methyl sites for hydroxylation is 2. The van der Waals surface area contributed by atoms with Crippen LogP contribution in [0.5, 0.6) is 0 Å². The Bertz CT molecular complexity index is 408. The zero-order valence-electron chi connectivity index (χ0n) is 12.5. The van der Waals surface area contributed by atoms with Crippen molar-refractivity contribution in [1.82, 2.24) is 9.80 Å². The summed E-state index contributed by atoms with van der Waals surface area (Å²) in [7, 11) is 2.19. The Morgan fingerprint density at radius 1 is 1.16 bits per heavy atom. The molecule has 1 aromatic rings. The Morgan fingerprint density at radius 3 is 2.53 bits per heavy atom. The van der Waals surface area contributed by atoms with Crippen LogP contribution >= 0.6 is 0 Å². The molecule has 106 valence electrons. The average molecular weight is 261 g/mol. The summed E-state index contributed by atoms with van der Waals surface area (Å²) >= 11 is 0. The maximum atomic E-state index is 6.37. The lowest BCUT2D eigenvalue weighted by Gasteiger charge is -2.33. The van der Waals surface area contributed by atoms with E-state index in [9.17, 15) is 0 Å². The number of hydrogen-bond donors (Lipinski definition) is 1. The fourth-order valence-corrected chi connectivity index (χ4v) is 2.71. The van der Waals surface area contributed by atoms with Gasteiger partial charge >= 0.3 is 0 Å². The van der Waals surface area contributed by atoms with Crippen molar-refractivity contribution in [1.29, 1.82) is 0 Å². The molecule has 0 spiro atoms. The number of nitrogens with zero attached hydrogens (tertiary/aromatic N) is 2. The third-order valence-corrected chi connectivity index (χ3v) is 4.19. The minimum Gasteiger partial charge on any atom is -0.324 e. The predicted molar refractivity (Wildman–Crippen MR) is 81.4 cm³/mol. The minimum atomic E-state index is 0.166. The summed E-state index contributed by atoms with van der Waals surface area (Å²) in [5.74, 6) is 0. The number of nitrogens with two attached hydrogens (primary N) is 1. The number of rotatable bonds is 4. The maximum absolute atomic E-state index is 6.37. The van der Waals surface area contributed by atoms with Crippen molar-refractivity contribution >= 4 is 0 Å². The van der Waals surface area contributed by atoms with E-state index in [-0.39, 0.29) is 6.04 Å². The molecule has 0 aliphatic carbocycles. The summed E-state index contributed by atoms with van der Waals surface area (Å²) in [4.78, 5) is 4.92. The summed E-state index contributed by atoms with van der Waals surface area (Å²) in [6.07, 6.45) is 1.05. The summed E-state index contributed by atoms with van der Waals surface area (Å²) < 4.78 is 0. The lowest BCUT2D eigenvalue weighted by Crippen LogP contribution is -2.45. The van der Waals surface area contributed by atoms with Crippen molar-refractivity contribution < 1.29 is 0 Å². The molecule has 2 rings (SSSR count). The van der Waals surface area contributed by atoms with Gasteiger partial charge in [-0.05, 0) is 38.4 Å². The van der Waals surface area contributed by atoms with Crippen molar-refractivity contribution in [3.8, 4) is 0 Å². The second-order valence-corrected chi connectivity index (χ2v) is 5.90. The first-order valence-electron chi connectivity index (χ1n) is 7.30. The molecule has 0 amide bonds. The van der Waals surface area contributed by atoms with Gasteiger partial charge in [0.25, 0.3) is 0 Å². The van der Waals surface area contributed by atoms with Gasteiger partial charge in [-0.15, -0.1) is 0 Å². The van der Waals surface area contributed by atoms with Gasteiger partial charge in [0.15, 0.2) is 0 Å². The van der Waals surface area contributed by atoms with Crippen LogP contribution in [-0.2, 0) is 0 Å². The van der Waals surface area contributed by atoms with Crippen LogP contribution in [0.3, 0.4) is 0 Å². The molecule has 1 unspecified atom stereocenters. The lowest BCUT2D eigenvalue weighted by molar-refractivity contribution is 0.150. The number of benzene rings is 1. The van der Waals surface area contributed by atoms with Crippen molar-refractivity contribution in [3.63, 3.8) is 0 Å². The average Bonchev–Trinajstić information content (AvgIpc) is 2.40. The summed E-state index contributed by atoms with van der Waals surface area (Å²) in [6.45, 7) is 10.1. The normalized spacial score (nSPS) is 19.6. The zero-order valence-corrected chi connectivity index (χ0v) is 12.5. The Kier molecular flexibility index (Phi) is 4.97. The van der Waals surface area contributed by atoms with Crippen molar-refractivity contribution in [2.24, 2.45) is 5.73 Å². The molecule has 0 radical (unpaired) electrons. The Morgan fingerprint density at radius 2 is 1.84 bits per heavy atom. The van der Waals surface area contributed by atoms with Gasteiger partial charge in [-0.2, -0.15) is 0 Å². The second-order valence-electron chi connectivity index (χ2n) is 5.90. The topological polar surface area (TPSA) is 32.5 Å². The lowest BCUT2D eigenvalue weighted by atomic mass is 9.97. The molecule has 3 nitrogen and oxygen atoms in total. The highest BCUT2D eigenvalue weighted by Gasteiger charge is 2.15. The van der Waals surface area contributed by atoms with Crippen LogP contribution in [0, 0.1) is 13.8 Å². The molecule has 1 atom stereocenters. The Labute approximate surface area is 117 Å². The third-order valence-electron chi connectivity index (χ3n) is 4.19. The van der Waals surface area contributed by atoms with Crippen LogP contribution < -0.4 is 5.73 Å². The summed E-state index contributed by atoms with van der Waals surface area (Å²) in [5.41, 5.74) is 10.3. The number of likely N-dealkylation sites (N-methyl/N-ethyl adjacent to an activating group) is 1. The van der Waals surface area contributed by atoms with E-state index in [1.165, 1.54) is 42.9 Å². The van der Waals surface area contributed by atoms with Gasteiger partial charge in [0.05, 0.1) is 0 Å². The van der Waals surface area contributed by atoms with E-state index in [1.54, 1.807) is 0 Å². The predicted octanol–water partition coefficient (Wildman–Crippen LogP) is 1.94. The standard InChI is InChI=1S/C16H27N3/c1-13-4-5-14(2)15(12-13)16(17)6-7-19-10-8-18(3)9-11-19/h4-5,12,16H,6-11,17H2,1-3H3. The quantitative estimate of drug-likeness (QED) is 0.899. The Hall–Kier alpha value is -0.900. The highest BCUT2D eigenvalue weighted by molar-refractivity contribution is 5.32. The van der Waals surface area contributed by atoms with E-state index in [1.807, 2.05) is 0 Å². The molecule has 19 heavy (non-hydrogen) atoms. The first-order valence-corrected chi connectivity index (χ1v) is 7.30. The van der Waals surface area contributed by atoms with E-state index < -0.39 is 0 Å². The highest BCUT2D eigenvalue weighted by atomic mass is 15.2. The molecular weight excluding hydrogens is 234 g/mol. The SMILES string of the molecule is Cc1ccc(C)c(C(N)CCN2CCN(C)CC2)c1. The van der Waals surface area contributed by atoms with Crippen LogP contribution in [0.2, 0.25) is 0 Å². The van der Waals surface area contributed by atoms with Gasteiger partial charge in [-0.1, -0.05) is 23.8 Å². The van der Waals surface area contributed by atoms with Crippen molar-refractivity contribution in [2.75, 3.05) is 39.8 Å². The minimum absolute atomic E-state index is 0.166. The molecule has 0 aromatic heterocycles. The molecular formula is C16H27N3. The largest absolute Gasteiger partial charge is 0.324 e. The first-order chi connectivity index (χ1) is 9.06. The molecule has 2 N–H and O–H groups in total.